The number of methoxy groups -OCH3 is 1. The molecule has 0 bridgehead atoms. The molecular weight excluding hydrogens is 221 g/mol. The van der Waals surface area contributed by atoms with E-state index in [0.29, 0.717) is 11.6 Å². The fourth-order valence-electron chi connectivity index (χ4n) is 1.23. The summed E-state index contributed by atoms with van der Waals surface area (Å²) in [5.41, 5.74) is 6.55. The Kier molecular flexibility index (Phi) is 5.45. The Morgan fingerprint density at radius 2 is 2.14 bits per heavy atom. The molecule has 0 fully saturated rings. The number of rotatable bonds is 3. The molecule has 80 valence electrons. The van der Waals surface area contributed by atoms with Crippen LogP contribution in [-0.2, 0) is 10.3 Å². The molecule has 0 spiro atoms. The van der Waals surface area contributed by atoms with Gasteiger partial charge in [0.25, 0.3) is 0 Å². The van der Waals surface area contributed by atoms with Crippen LogP contribution in [0.25, 0.3) is 0 Å². The Hall–Kier alpha value is -0.280. The summed E-state index contributed by atoms with van der Waals surface area (Å²) < 4.78 is 5.03. The van der Waals surface area contributed by atoms with Gasteiger partial charge in [-0.3, -0.25) is 0 Å². The normalized spacial score (nSPS) is 14.3. The van der Waals surface area contributed by atoms with Crippen LogP contribution in [-0.4, -0.2) is 13.7 Å². The van der Waals surface area contributed by atoms with E-state index in [0.717, 1.165) is 5.56 Å². The van der Waals surface area contributed by atoms with Crippen LogP contribution in [0.4, 0.5) is 0 Å². The van der Waals surface area contributed by atoms with Crippen LogP contribution in [0.3, 0.4) is 0 Å². The standard InChI is InChI=1S/C10H14ClNO.ClH/c1-10(12,7-13-2)8-4-3-5-9(11)6-8;/h3-6H,7,12H2,1-2H3;1H/t10-;/m1./s1. The molecule has 0 saturated carbocycles. The zero-order valence-corrected chi connectivity index (χ0v) is 9.86. The van der Waals surface area contributed by atoms with Crippen LogP contribution in [0.5, 0.6) is 0 Å². The van der Waals surface area contributed by atoms with Gasteiger partial charge in [0.1, 0.15) is 0 Å². The van der Waals surface area contributed by atoms with E-state index in [4.69, 9.17) is 22.1 Å². The van der Waals surface area contributed by atoms with Crippen molar-refractivity contribution in [2.45, 2.75) is 12.5 Å². The van der Waals surface area contributed by atoms with Crippen LogP contribution in [0.1, 0.15) is 12.5 Å². The molecule has 0 aromatic heterocycles. The minimum absolute atomic E-state index is 0. The van der Waals surface area contributed by atoms with Crippen molar-refractivity contribution in [1.82, 2.24) is 0 Å². The average Bonchev–Trinajstić information content (AvgIpc) is 2.04. The highest BCUT2D eigenvalue weighted by Gasteiger charge is 2.20. The van der Waals surface area contributed by atoms with Crippen molar-refractivity contribution in [3.63, 3.8) is 0 Å². The van der Waals surface area contributed by atoms with Gasteiger partial charge in [-0.1, -0.05) is 23.7 Å². The summed E-state index contributed by atoms with van der Waals surface area (Å²) in [4.78, 5) is 0. The Labute approximate surface area is 95.8 Å². The summed E-state index contributed by atoms with van der Waals surface area (Å²) >= 11 is 5.85. The summed E-state index contributed by atoms with van der Waals surface area (Å²) in [6, 6.07) is 7.53. The van der Waals surface area contributed by atoms with Crippen LogP contribution in [0.15, 0.2) is 24.3 Å². The summed E-state index contributed by atoms with van der Waals surface area (Å²) in [5.74, 6) is 0. The Morgan fingerprint density at radius 1 is 1.50 bits per heavy atom. The second-order valence-corrected chi connectivity index (χ2v) is 3.80. The quantitative estimate of drug-likeness (QED) is 0.875. The molecule has 0 amide bonds. The molecule has 0 aliphatic rings. The van der Waals surface area contributed by atoms with Gasteiger partial charge in [-0.2, -0.15) is 0 Å². The van der Waals surface area contributed by atoms with Crippen LogP contribution in [0, 0.1) is 0 Å². The first-order valence-corrected chi connectivity index (χ1v) is 4.48. The molecule has 2 N–H and O–H groups in total. The Morgan fingerprint density at radius 3 is 2.64 bits per heavy atom. The van der Waals surface area contributed by atoms with Gasteiger partial charge in [0, 0.05) is 12.1 Å². The van der Waals surface area contributed by atoms with Gasteiger partial charge in [0.2, 0.25) is 0 Å². The molecule has 0 aliphatic carbocycles. The van der Waals surface area contributed by atoms with E-state index in [-0.39, 0.29) is 12.4 Å². The van der Waals surface area contributed by atoms with E-state index < -0.39 is 5.54 Å². The van der Waals surface area contributed by atoms with Gasteiger partial charge in [0.15, 0.2) is 0 Å². The van der Waals surface area contributed by atoms with Gasteiger partial charge in [-0.05, 0) is 24.6 Å². The van der Waals surface area contributed by atoms with Crippen molar-refractivity contribution >= 4 is 24.0 Å². The van der Waals surface area contributed by atoms with Crippen molar-refractivity contribution < 1.29 is 4.74 Å². The maximum Gasteiger partial charge on any atom is 0.0681 e. The number of ether oxygens (including phenoxy) is 1. The molecule has 1 aromatic carbocycles. The molecule has 0 saturated heterocycles. The molecule has 0 radical (unpaired) electrons. The molecule has 0 unspecified atom stereocenters. The van der Waals surface area contributed by atoms with Crippen LogP contribution in [0.2, 0.25) is 5.02 Å². The lowest BCUT2D eigenvalue weighted by Gasteiger charge is -2.24. The minimum Gasteiger partial charge on any atom is -0.382 e. The summed E-state index contributed by atoms with van der Waals surface area (Å²) in [7, 11) is 1.63. The first-order valence-electron chi connectivity index (χ1n) is 4.10. The lowest BCUT2D eigenvalue weighted by molar-refractivity contribution is 0.141. The molecule has 0 heterocycles. The van der Waals surface area contributed by atoms with Crippen LogP contribution < -0.4 is 5.73 Å². The van der Waals surface area contributed by atoms with Crippen molar-refractivity contribution in [3.05, 3.63) is 34.9 Å². The first kappa shape index (κ1) is 13.7. The number of hydrogen-bond donors (Lipinski definition) is 1. The molecule has 2 nitrogen and oxygen atoms in total. The van der Waals surface area contributed by atoms with Gasteiger partial charge >= 0.3 is 0 Å². The van der Waals surface area contributed by atoms with E-state index >= 15 is 0 Å². The summed E-state index contributed by atoms with van der Waals surface area (Å²) in [5, 5.41) is 0.699. The minimum atomic E-state index is -0.473. The van der Waals surface area contributed by atoms with Gasteiger partial charge < -0.3 is 10.5 Å². The van der Waals surface area contributed by atoms with Crippen molar-refractivity contribution in [2.24, 2.45) is 5.73 Å². The van der Waals surface area contributed by atoms with Gasteiger partial charge in [-0.25, -0.2) is 0 Å². The molecule has 14 heavy (non-hydrogen) atoms. The van der Waals surface area contributed by atoms with Gasteiger partial charge in [-0.15, -0.1) is 12.4 Å². The highest BCUT2D eigenvalue weighted by molar-refractivity contribution is 6.30. The zero-order valence-electron chi connectivity index (χ0n) is 8.29. The van der Waals surface area contributed by atoms with E-state index in [1.54, 1.807) is 7.11 Å². The highest BCUT2D eigenvalue weighted by atomic mass is 35.5. The number of halogens is 2. The maximum atomic E-state index is 6.03. The Balaban J connectivity index is 0.00000169. The third-order valence-electron chi connectivity index (χ3n) is 1.93. The fourth-order valence-corrected chi connectivity index (χ4v) is 1.42. The molecule has 1 rings (SSSR count). The van der Waals surface area contributed by atoms with Gasteiger partial charge in [0.05, 0.1) is 12.1 Å². The summed E-state index contributed by atoms with van der Waals surface area (Å²) in [6.07, 6.45) is 0. The third kappa shape index (κ3) is 3.46. The SMILES string of the molecule is COC[C@@](C)(N)c1cccc(Cl)c1.Cl. The third-order valence-corrected chi connectivity index (χ3v) is 2.16. The number of nitrogens with two attached hydrogens (primary N) is 1. The predicted molar refractivity (Wildman–Crippen MR) is 62.1 cm³/mol. The van der Waals surface area contributed by atoms with E-state index in [1.807, 2.05) is 31.2 Å². The van der Waals surface area contributed by atoms with E-state index in [9.17, 15) is 0 Å². The zero-order chi connectivity index (χ0) is 9.90. The molecular formula is C10H15Cl2NO. The van der Waals surface area contributed by atoms with Crippen molar-refractivity contribution in [2.75, 3.05) is 13.7 Å². The van der Waals surface area contributed by atoms with Crippen molar-refractivity contribution in [1.29, 1.82) is 0 Å². The highest BCUT2D eigenvalue weighted by Crippen LogP contribution is 2.21. The fraction of sp³-hybridized carbons (Fsp3) is 0.400. The average molecular weight is 236 g/mol. The smallest absolute Gasteiger partial charge is 0.0681 e. The second-order valence-electron chi connectivity index (χ2n) is 3.36. The molecule has 1 aromatic rings. The topological polar surface area (TPSA) is 35.2 Å². The van der Waals surface area contributed by atoms with E-state index in [1.165, 1.54) is 0 Å². The lowest BCUT2D eigenvalue weighted by Crippen LogP contribution is -2.37. The molecule has 0 aliphatic heterocycles. The van der Waals surface area contributed by atoms with E-state index in [2.05, 4.69) is 0 Å². The predicted octanol–water partition coefficient (Wildman–Crippen LogP) is 2.58. The first-order chi connectivity index (χ1) is 6.06. The molecule has 1 atom stereocenters. The van der Waals surface area contributed by atoms with Crippen LogP contribution >= 0.6 is 24.0 Å². The largest absolute Gasteiger partial charge is 0.382 e. The Bertz CT molecular complexity index is 289. The lowest BCUT2D eigenvalue weighted by atomic mass is 9.94. The maximum absolute atomic E-state index is 6.03. The van der Waals surface area contributed by atoms with Crippen molar-refractivity contribution in [3.8, 4) is 0 Å². The number of hydrogen-bond acceptors (Lipinski definition) is 2. The number of benzene rings is 1. The summed E-state index contributed by atoms with van der Waals surface area (Å²) in [6.45, 7) is 2.40. The monoisotopic (exact) mass is 235 g/mol. The second kappa shape index (κ2) is 5.56. The molecule has 4 heteroatoms.